The second-order valence-electron chi connectivity index (χ2n) is 3.60. The van der Waals surface area contributed by atoms with E-state index in [1.807, 2.05) is 0 Å². The highest BCUT2D eigenvalue weighted by Gasteiger charge is 2.32. The molecule has 0 unspecified atom stereocenters. The number of nitrogens with zero attached hydrogens (tertiary/aromatic N) is 2. The van der Waals surface area contributed by atoms with Gasteiger partial charge in [-0.25, -0.2) is 8.78 Å². The Labute approximate surface area is 87.1 Å². The van der Waals surface area contributed by atoms with Crippen molar-refractivity contribution in [3.8, 4) is 6.07 Å². The summed E-state index contributed by atoms with van der Waals surface area (Å²) in [4.78, 5) is 12.4. The standard InChI is InChI=1S/C9H14F2N2O2/c1-9(2,6-12)8(15)13(3-4-14)5-7(10)11/h7,14H,3-5H2,1-2H3. The largest absolute Gasteiger partial charge is 0.395 e. The lowest BCUT2D eigenvalue weighted by atomic mass is 9.94. The highest BCUT2D eigenvalue weighted by Crippen LogP contribution is 2.17. The summed E-state index contributed by atoms with van der Waals surface area (Å²) in [5.41, 5.74) is -1.34. The number of nitriles is 1. The van der Waals surface area contributed by atoms with Crippen LogP contribution < -0.4 is 0 Å². The van der Waals surface area contributed by atoms with Crippen LogP contribution in [-0.4, -0.2) is 42.0 Å². The lowest BCUT2D eigenvalue weighted by molar-refractivity contribution is -0.140. The maximum atomic E-state index is 12.1. The highest BCUT2D eigenvalue weighted by molar-refractivity contribution is 5.84. The first-order valence-corrected chi connectivity index (χ1v) is 4.44. The Kier molecular flexibility index (Phi) is 5.15. The third kappa shape index (κ3) is 4.21. The summed E-state index contributed by atoms with van der Waals surface area (Å²) in [6.07, 6.45) is -2.67. The summed E-state index contributed by atoms with van der Waals surface area (Å²) in [7, 11) is 0. The average Bonchev–Trinajstić information content (AvgIpc) is 2.15. The zero-order valence-corrected chi connectivity index (χ0v) is 8.70. The maximum absolute atomic E-state index is 12.1. The summed E-state index contributed by atoms with van der Waals surface area (Å²) >= 11 is 0. The summed E-state index contributed by atoms with van der Waals surface area (Å²) in [6, 6.07) is 1.74. The number of alkyl halides is 2. The number of carbonyl (C=O) groups is 1. The molecule has 0 aromatic heterocycles. The molecule has 0 heterocycles. The minimum Gasteiger partial charge on any atom is -0.395 e. The minimum absolute atomic E-state index is 0.186. The molecule has 0 aliphatic carbocycles. The molecule has 0 aliphatic rings. The number of carbonyl (C=O) groups excluding carboxylic acids is 1. The monoisotopic (exact) mass is 220 g/mol. The van der Waals surface area contributed by atoms with Crippen LogP contribution in [0, 0.1) is 16.7 Å². The lowest BCUT2D eigenvalue weighted by Crippen LogP contribution is -2.44. The quantitative estimate of drug-likeness (QED) is 0.738. The van der Waals surface area contributed by atoms with Crippen molar-refractivity contribution in [1.82, 2.24) is 4.90 Å². The van der Waals surface area contributed by atoms with E-state index in [9.17, 15) is 13.6 Å². The van der Waals surface area contributed by atoms with Gasteiger partial charge in [0.05, 0.1) is 19.2 Å². The van der Waals surface area contributed by atoms with Gasteiger partial charge < -0.3 is 10.0 Å². The third-order valence-corrected chi connectivity index (χ3v) is 1.83. The third-order valence-electron chi connectivity index (χ3n) is 1.83. The van der Waals surface area contributed by atoms with E-state index in [0.29, 0.717) is 0 Å². The molecule has 0 spiro atoms. The molecule has 0 atom stereocenters. The molecule has 86 valence electrons. The second kappa shape index (κ2) is 5.61. The van der Waals surface area contributed by atoms with Crippen molar-refractivity contribution in [3.05, 3.63) is 0 Å². The van der Waals surface area contributed by atoms with Gasteiger partial charge in [0.15, 0.2) is 0 Å². The highest BCUT2D eigenvalue weighted by atomic mass is 19.3. The topological polar surface area (TPSA) is 64.3 Å². The molecule has 0 radical (unpaired) electrons. The van der Waals surface area contributed by atoms with Crippen LogP contribution in [0.15, 0.2) is 0 Å². The fourth-order valence-corrected chi connectivity index (χ4v) is 1.01. The fraction of sp³-hybridized carbons (Fsp3) is 0.778. The number of halogens is 2. The summed E-state index contributed by atoms with van der Waals surface area (Å²) in [5, 5.41) is 17.3. The molecular weight excluding hydrogens is 206 g/mol. The van der Waals surface area contributed by atoms with Gasteiger partial charge in [-0.2, -0.15) is 5.26 Å². The second-order valence-corrected chi connectivity index (χ2v) is 3.60. The molecule has 0 aromatic rings. The number of hydrogen-bond acceptors (Lipinski definition) is 3. The molecule has 1 amide bonds. The van der Waals surface area contributed by atoms with Gasteiger partial charge in [-0.1, -0.05) is 0 Å². The Morgan fingerprint density at radius 2 is 2.13 bits per heavy atom. The molecule has 0 rings (SSSR count). The van der Waals surface area contributed by atoms with Crippen molar-refractivity contribution in [1.29, 1.82) is 5.26 Å². The molecular formula is C9H14F2N2O2. The Balaban J connectivity index is 4.63. The molecule has 6 heteroatoms. The van der Waals surface area contributed by atoms with Crippen LogP contribution in [0.2, 0.25) is 0 Å². The van der Waals surface area contributed by atoms with Crippen molar-refractivity contribution in [2.24, 2.45) is 5.41 Å². The Hall–Kier alpha value is -1.22. The predicted octanol–water partition coefficient (Wildman–Crippen LogP) is 0.622. The lowest BCUT2D eigenvalue weighted by Gasteiger charge is -2.26. The van der Waals surface area contributed by atoms with Crippen LogP contribution in [0.5, 0.6) is 0 Å². The summed E-state index contributed by atoms with van der Waals surface area (Å²) < 4.78 is 24.2. The maximum Gasteiger partial charge on any atom is 0.255 e. The summed E-state index contributed by atoms with van der Waals surface area (Å²) in [5.74, 6) is -0.695. The van der Waals surface area contributed by atoms with Gasteiger partial charge in [0.2, 0.25) is 5.91 Å². The number of hydrogen-bond donors (Lipinski definition) is 1. The van der Waals surface area contributed by atoms with E-state index >= 15 is 0 Å². The molecule has 0 fully saturated rings. The normalized spacial score (nSPS) is 11.3. The van der Waals surface area contributed by atoms with Gasteiger partial charge in [0, 0.05) is 6.54 Å². The molecule has 0 saturated carbocycles. The van der Waals surface area contributed by atoms with Gasteiger partial charge in [-0.15, -0.1) is 0 Å². The number of aliphatic hydroxyl groups excluding tert-OH is 1. The predicted molar refractivity (Wildman–Crippen MR) is 49.1 cm³/mol. The van der Waals surface area contributed by atoms with E-state index in [2.05, 4.69) is 0 Å². The van der Waals surface area contributed by atoms with Crippen LogP contribution in [0.3, 0.4) is 0 Å². The zero-order valence-electron chi connectivity index (χ0n) is 8.70. The van der Waals surface area contributed by atoms with Crippen molar-refractivity contribution < 1.29 is 18.7 Å². The van der Waals surface area contributed by atoms with E-state index < -0.39 is 30.9 Å². The van der Waals surface area contributed by atoms with E-state index in [1.54, 1.807) is 6.07 Å². The average molecular weight is 220 g/mol. The molecule has 0 aromatic carbocycles. The fourth-order valence-electron chi connectivity index (χ4n) is 1.01. The van der Waals surface area contributed by atoms with E-state index in [0.717, 1.165) is 4.90 Å². The van der Waals surface area contributed by atoms with Gasteiger partial charge in [0.1, 0.15) is 5.41 Å². The Morgan fingerprint density at radius 1 is 1.60 bits per heavy atom. The van der Waals surface area contributed by atoms with Crippen LogP contribution in [0.1, 0.15) is 13.8 Å². The van der Waals surface area contributed by atoms with Crippen molar-refractivity contribution in [2.45, 2.75) is 20.3 Å². The van der Waals surface area contributed by atoms with E-state index in [1.165, 1.54) is 13.8 Å². The first-order chi connectivity index (χ1) is 6.85. The van der Waals surface area contributed by atoms with E-state index in [-0.39, 0.29) is 6.54 Å². The molecule has 4 nitrogen and oxygen atoms in total. The van der Waals surface area contributed by atoms with Gasteiger partial charge in [-0.3, -0.25) is 4.79 Å². The minimum atomic E-state index is -2.67. The number of amides is 1. The molecule has 15 heavy (non-hydrogen) atoms. The van der Waals surface area contributed by atoms with Crippen LogP contribution in [0.25, 0.3) is 0 Å². The molecule has 0 saturated heterocycles. The SMILES string of the molecule is CC(C)(C#N)C(=O)N(CCO)CC(F)F. The van der Waals surface area contributed by atoms with E-state index in [4.69, 9.17) is 10.4 Å². The van der Waals surface area contributed by atoms with Gasteiger partial charge >= 0.3 is 0 Å². The van der Waals surface area contributed by atoms with Gasteiger partial charge in [0.25, 0.3) is 6.43 Å². The van der Waals surface area contributed by atoms with Crippen LogP contribution in [-0.2, 0) is 4.79 Å². The Morgan fingerprint density at radius 3 is 2.47 bits per heavy atom. The van der Waals surface area contributed by atoms with Gasteiger partial charge in [-0.05, 0) is 13.8 Å². The number of rotatable bonds is 5. The first-order valence-electron chi connectivity index (χ1n) is 4.44. The summed E-state index contributed by atoms with van der Waals surface area (Å²) in [6.45, 7) is 1.36. The van der Waals surface area contributed by atoms with Crippen molar-refractivity contribution >= 4 is 5.91 Å². The Bertz CT molecular complexity index is 261. The zero-order chi connectivity index (χ0) is 12.1. The smallest absolute Gasteiger partial charge is 0.255 e. The number of aliphatic hydroxyl groups is 1. The first kappa shape index (κ1) is 13.8. The van der Waals surface area contributed by atoms with Crippen molar-refractivity contribution in [2.75, 3.05) is 19.7 Å². The molecule has 0 aliphatic heterocycles. The van der Waals surface area contributed by atoms with Crippen LogP contribution >= 0.6 is 0 Å². The van der Waals surface area contributed by atoms with Crippen molar-refractivity contribution in [3.63, 3.8) is 0 Å². The molecule has 0 bridgehead atoms. The molecule has 1 N–H and O–H groups in total. The van der Waals surface area contributed by atoms with Crippen LogP contribution in [0.4, 0.5) is 8.78 Å².